The molecule has 0 saturated heterocycles. The molecule has 0 radical (unpaired) electrons. The first kappa shape index (κ1) is 13.9. The van der Waals surface area contributed by atoms with Crippen LogP contribution in [0.25, 0.3) is 0 Å². The zero-order valence-electron chi connectivity index (χ0n) is 9.83. The summed E-state index contributed by atoms with van der Waals surface area (Å²) in [6.45, 7) is 0.803. The summed E-state index contributed by atoms with van der Waals surface area (Å²) in [7, 11) is 1.60. The number of benzene rings is 1. The Morgan fingerprint density at radius 1 is 1.29 bits per heavy atom. The summed E-state index contributed by atoms with van der Waals surface area (Å²) in [6, 6.07) is 6.89. The van der Waals surface area contributed by atoms with Crippen LogP contribution in [0, 0.1) is 0 Å². The molecule has 1 aromatic carbocycles. The minimum Gasteiger partial charge on any atom is -0.468 e. The van der Waals surface area contributed by atoms with Crippen molar-refractivity contribution in [1.82, 2.24) is 0 Å². The predicted octanol–water partition coefficient (Wildman–Crippen LogP) is 0.712. The Balaban J connectivity index is 2.38. The van der Waals surface area contributed by atoms with Crippen LogP contribution in [0.5, 0.6) is 5.75 Å². The fraction of sp³-hybridized carbons (Fsp3) is 0.500. The topological polar surface area (TPSA) is 68.2 Å². The number of hydrogen-bond donors (Lipinski definition) is 2. The third-order valence-electron chi connectivity index (χ3n) is 2.16. The Morgan fingerprint density at radius 3 is 2.82 bits per heavy atom. The highest BCUT2D eigenvalue weighted by Crippen LogP contribution is 2.18. The van der Waals surface area contributed by atoms with Crippen molar-refractivity contribution >= 4 is 0 Å². The molecule has 5 nitrogen and oxygen atoms in total. The van der Waals surface area contributed by atoms with E-state index < -0.39 is 6.10 Å². The van der Waals surface area contributed by atoms with Gasteiger partial charge in [-0.25, -0.2) is 0 Å². The Kier molecular flexibility index (Phi) is 6.57. The largest absolute Gasteiger partial charge is 0.468 e. The third-order valence-corrected chi connectivity index (χ3v) is 2.16. The standard InChI is InChI=1S/C12H18O5/c1-15-5-6-16-9-17-11-4-2-3-10(7-11)12(14)8-13/h2-4,7,12-14H,5-6,8-9H2,1H3/t12-/m0/s1. The minimum atomic E-state index is -0.882. The molecule has 1 atom stereocenters. The Morgan fingerprint density at radius 2 is 2.12 bits per heavy atom. The number of rotatable bonds is 8. The molecule has 1 aromatic rings. The molecule has 0 aliphatic heterocycles. The van der Waals surface area contributed by atoms with E-state index in [1.54, 1.807) is 31.4 Å². The molecule has 0 heterocycles. The van der Waals surface area contributed by atoms with Crippen LogP contribution in [0.1, 0.15) is 11.7 Å². The first-order valence-corrected chi connectivity index (χ1v) is 5.36. The average molecular weight is 242 g/mol. The van der Waals surface area contributed by atoms with Gasteiger partial charge in [0.25, 0.3) is 0 Å². The van der Waals surface area contributed by atoms with E-state index in [-0.39, 0.29) is 13.4 Å². The summed E-state index contributed by atoms with van der Waals surface area (Å²) in [5.41, 5.74) is 0.613. The number of ether oxygens (including phenoxy) is 3. The SMILES string of the molecule is COCCOCOc1cccc([C@@H](O)CO)c1. The third kappa shape index (κ3) is 5.14. The Hall–Kier alpha value is -1.14. The van der Waals surface area contributed by atoms with E-state index in [1.807, 2.05) is 0 Å². The molecule has 0 aliphatic carbocycles. The fourth-order valence-corrected chi connectivity index (χ4v) is 1.23. The van der Waals surface area contributed by atoms with Crippen LogP contribution in [-0.4, -0.2) is 43.9 Å². The molecular weight excluding hydrogens is 224 g/mol. The van der Waals surface area contributed by atoms with Gasteiger partial charge in [-0.05, 0) is 17.7 Å². The second-order valence-corrected chi connectivity index (χ2v) is 3.43. The number of aliphatic hydroxyl groups excluding tert-OH is 2. The lowest BCUT2D eigenvalue weighted by atomic mass is 10.1. The minimum absolute atomic E-state index is 0.127. The number of hydrogen-bond acceptors (Lipinski definition) is 5. The highest BCUT2D eigenvalue weighted by molar-refractivity contribution is 5.29. The van der Waals surface area contributed by atoms with Crippen LogP contribution in [0.15, 0.2) is 24.3 Å². The highest BCUT2D eigenvalue weighted by atomic mass is 16.7. The summed E-state index contributed by atoms with van der Waals surface area (Å²) >= 11 is 0. The van der Waals surface area contributed by atoms with Crippen LogP contribution in [-0.2, 0) is 9.47 Å². The first-order chi connectivity index (χ1) is 8.27. The molecule has 17 heavy (non-hydrogen) atoms. The van der Waals surface area contributed by atoms with Crippen molar-refractivity contribution in [3.05, 3.63) is 29.8 Å². The molecule has 5 heteroatoms. The van der Waals surface area contributed by atoms with Crippen LogP contribution >= 0.6 is 0 Å². The summed E-state index contributed by atoms with van der Waals surface area (Å²) in [5, 5.41) is 18.3. The fourth-order valence-electron chi connectivity index (χ4n) is 1.23. The maximum atomic E-state index is 9.44. The van der Waals surface area contributed by atoms with Gasteiger partial charge in [-0.3, -0.25) is 0 Å². The molecule has 0 bridgehead atoms. The van der Waals surface area contributed by atoms with E-state index in [9.17, 15) is 5.11 Å². The second-order valence-electron chi connectivity index (χ2n) is 3.43. The summed E-state index contributed by atoms with van der Waals surface area (Å²) in [4.78, 5) is 0. The number of aliphatic hydroxyl groups is 2. The zero-order chi connectivity index (χ0) is 12.5. The molecule has 1 rings (SSSR count). The van der Waals surface area contributed by atoms with Crippen LogP contribution in [0.3, 0.4) is 0 Å². The average Bonchev–Trinajstić information content (AvgIpc) is 2.38. The van der Waals surface area contributed by atoms with E-state index in [0.717, 1.165) is 0 Å². The smallest absolute Gasteiger partial charge is 0.189 e. The Bertz CT molecular complexity index is 316. The van der Waals surface area contributed by atoms with Crippen LogP contribution < -0.4 is 4.74 Å². The van der Waals surface area contributed by atoms with Gasteiger partial charge < -0.3 is 24.4 Å². The van der Waals surface area contributed by atoms with E-state index in [4.69, 9.17) is 19.3 Å². The van der Waals surface area contributed by atoms with Gasteiger partial charge in [0.2, 0.25) is 0 Å². The van der Waals surface area contributed by atoms with Crippen molar-refractivity contribution in [3.63, 3.8) is 0 Å². The van der Waals surface area contributed by atoms with Gasteiger partial charge in [0.05, 0.1) is 19.8 Å². The van der Waals surface area contributed by atoms with Gasteiger partial charge in [-0.15, -0.1) is 0 Å². The second kappa shape index (κ2) is 8.03. The van der Waals surface area contributed by atoms with E-state index in [0.29, 0.717) is 24.5 Å². The molecule has 0 saturated carbocycles. The maximum absolute atomic E-state index is 9.44. The molecule has 2 N–H and O–H groups in total. The molecule has 96 valence electrons. The van der Waals surface area contributed by atoms with E-state index in [1.165, 1.54) is 0 Å². The number of methoxy groups -OCH3 is 1. The normalized spacial score (nSPS) is 12.4. The van der Waals surface area contributed by atoms with Crippen LogP contribution in [0.4, 0.5) is 0 Å². The molecule has 0 unspecified atom stereocenters. The molecular formula is C12H18O5. The molecule has 0 aliphatic rings. The van der Waals surface area contributed by atoms with Gasteiger partial charge in [0, 0.05) is 7.11 Å². The van der Waals surface area contributed by atoms with Gasteiger partial charge in [-0.1, -0.05) is 12.1 Å². The maximum Gasteiger partial charge on any atom is 0.189 e. The van der Waals surface area contributed by atoms with Crippen molar-refractivity contribution in [2.75, 3.05) is 33.7 Å². The first-order valence-electron chi connectivity index (χ1n) is 5.36. The van der Waals surface area contributed by atoms with Crippen molar-refractivity contribution in [3.8, 4) is 5.75 Å². The van der Waals surface area contributed by atoms with E-state index >= 15 is 0 Å². The predicted molar refractivity (Wildman–Crippen MR) is 61.8 cm³/mol. The lowest BCUT2D eigenvalue weighted by Gasteiger charge is -2.10. The lowest BCUT2D eigenvalue weighted by molar-refractivity contribution is -0.00862. The van der Waals surface area contributed by atoms with Crippen molar-refractivity contribution in [1.29, 1.82) is 0 Å². The summed E-state index contributed by atoms with van der Waals surface area (Å²) in [6.07, 6.45) is -0.882. The zero-order valence-corrected chi connectivity index (χ0v) is 9.83. The van der Waals surface area contributed by atoms with Crippen molar-refractivity contribution in [2.24, 2.45) is 0 Å². The summed E-state index contributed by atoms with van der Waals surface area (Å²) < 4.78 is 15.3. The quantitative estimate of drug-likeness (QED) is 0.519. The highest BCUT2D eigenvalue weighted by Gasteiger charge is 2.06. The van der Waals surface area contributed by atoms with Crippen LogP contribution in [0.2, 0.25) is 0 Å². The van der Waals surface area contributed by atoms with Gasteiger partial charge in [0.15, 0.2) is 6.79 Å². The molecule has 0 aromatic heterocycles. The molecule has 0 fully saturated rings. The monoisotopic (exact) mass is 242 g/mol. The van der Waals surface area contributed by atoms with E-state index in [2.05, 4.69) is 0 Å². The van der Waals surface area contributed by atoms with Gasteiger partial charge in [-0.2, -0.15) is 0 Å². The van der Waals surface area contributed by atoms with Crippen molar-refractivity contribution in [2.45, 2.75) is 6.10 Å². The van der Waals surface area contributed by atoms with Gasteiger partial charge in [0.1, 0.15) is 11.9 Å². The van der Waals surface area contributed by atoms with Gasteiger partial charge >= 0.3 is 0 Å². The molecule has 0 spiro atoms. The molecule has 0 amide bonds. The Labute approximate surface area is 101 Å². The van der Waals surface area contributed by atoms with Crippen molar-refractivity contribution < 1.29 is 24.4 Å². The summed E-state index contributed by atoms with van der Waals surface area (Å²) in [5.74, 6) is 0.590. The lowest BCUT2D eigenvalue weighted by Crippen LogP contribution is -2.08.